The van der Waals surface area contributed by atoms with Gasteiger partial charge in [0, 0.05) is 18.9 Å². The van der Waals surface area contributed by atoms with E-state index in [4.69, 9.17) is 15.2 Å². The molecular formula is C16H24N2O3. The number of nitrogens with one attached hydrogen (secondary N) is 1. The maximum Gasteiger partial charge on any atom is 0.408 e. The molecule has 0 radical (unpaired) electrons. The van der Waals surface area contributed by atoms with E-state index < -0.39 is 17.2 Å². The highest BCUT2D eigenvalue weighted by Crippen LogP contribution is 2.33. The average Bonchev–Trinajstić information content (AvgIpc) is 2.37. The smallest absolute Gasteiger partial charge is 0.408 e. The zero-order chi connectivity index (χ0) is 15.5. The number of rotatable bonds is 2. The Bertz CT molecular complexity index is 502. The lowest BCUT2D eigenvalue weighted by Gasteiger charge is -2.39. The van der Waals surface area contributed by atoms with Gasteiger partial charge in [-0.25, -0.2) is 4.79 Å². The van der Waals surface area contributed by atoms with Crippen LogP contribution in [0.3, 0.4) is 0 Å². The molecular weight excluding hydrogens is 268 g/mol. The van der Waals surface area contributed by atoms with Crippen molar-refractivity contribution >= 4 is 11.8 Å². The van der Waals surface area contributed by atoms with Gasteiger partial charge in [0.15, 0.2) is 0 Å². The molecule has 1 heterocycles. The van der Waals surface area contributed by atoms with Crippen molar-refractivity contribution in [1.29, 1.82) is 0 Å². The minimum absolute atomic E-state index is 0.410. The van der Waals surface area contributed by atoms with Crippen molar-refractivity contribution < 1.29 is 14.3 Å². The van der Waals surface area contributed by atoms with Crippen molar-refractivity contribution in [3.05, 3.63) is 29.8 Å². The van der Waals surface area contributed by atoms with Crippen LogP contribution < -0.4 is 11.1 Å². The van der Waals surface area contributed by atoms with Crippen LogP contribution in [0.25, 0.3) is 0 Å². The molecule has 1 aromatic rings. The minimum Gasteiger partial charge on any atom is -0.444 e. The van der Waals surface area contributed by atoms with E-state index in [1.165, 1.54) is 0 Å². The van der Waals surface area contributed by atoms with Gasteiger partial charge in [-0.1, -0.05) is 12.1 Å². The number of nitrogens with two attached hydrogens (primary N) is 1. The maximum atomic E-state index is 12.2. The molecule has 0 aliphatic carbocycles. The molecule has 1 saturated heterocycles. The molecule has 1 aliphatic rings. The summed E-state index contributed by atoms with van der Waals surface area (Å²) in [5, 5.41) is 3.04. The number of carbonyl (C=O) groups excluding carboxylic acids is 1. The second-order valence-corrected chi connectivity index (χ2v) is 6.45. The number of anilines is 1. The first-order valence-electron chi connectivity index (χ1n) is 7.26. The van der Waals surface area contributed by atoms with Gasteiger partial charge in [-0.05, 0) is 51.3 Å². The Morgan fingerprint density at radius 3 is 2.57 bits per heavy atom. The van der Waals surface area contributed by atoms with Crippen molar-refractivity contribution in [2.75, 3.05) is 18.9 Å². The zero-order valence-electron chi connectivity index (χ0n) is 12.9. The molecule has 1 fully saturated rings. The Hall–Kier alpha value is -1.75. The molecule has 3 N–H and O–H groups in total. The number of amides is 1. The molecule has 21 heavy (non-hydrogen) atoms. The van der Waals surface area contributed by atoms with Gasteiger partial charge in [-0.2, -0.15) is 0 Å². The summed E-state index contributed by atoms with van der Waals surface area (Å²) in [6.45, 7) is 6.76. The van der Waals surface area contributed by atoms with Crippen LogP contribution in [0.15, 0.2) is 24.3 Å². The summed E-state index contributed by atoms with van der Waals surface area (Å²) in [5.41, 5.74) is 6.57. The predicted molar refractivity (Wildman–Crippen MR) is 82.0 cm³/mol. The number of alkyl carbamates (subject to hydrolysis) is 1. The fourth-order valence-corrected chi connectivity index (χ4v) is 2.54. The van der Waals surface area contributed by atoms with E-state index in [1.807, 2.05) is 45.0 Å². The van der Waals surface area contributed by atoms with E-state index in [2.05, 4.69) is 5.32 Å². The third kappa shape index (κ3) is 4.11. The first-order valence-corrected chi connectivity index (χ1v) is 7.26. The molecule has 0 saturated carbocycles. The summed E-state index contributed by atoms with van der Waals surface area (Å²) in [7, 11) is 0. The zero-order valence-corrected chi connectivity index (χ0v) is 12.9. The topological polar surface area (TPSA) is 73.6 Å². The van der Waals surface area contributed by atoms with Crippen LogP contribution in [0.1, 0.15) is 39.2 Å². The van der Waals surface area contributed by atoms with E-state index in [9.17, 15) is 4.79 Å². The van der Waals surface area contributed by atoms with E-state index in [0.717, 1.165) is 5.56 Å². The van der Waals surface area contributed by atoms with Crippen molar-refractivity contribution in [2.24, 2.45) is 0 Å². The van der Waals surface area contributed by atoms with E-state index in [-0.39, 0.29) is 0 Å². The number of hydrogen-bond acceptors (Lipinski definition) is 4. The standard InChI is InChI=1S/C16H24N2O3/c1-15(2,3)21-14(19)18-16(7-9-20-10-8-16)12-5-4-6-13(17)11-12/h4-6,11H,7-10,17H2,1-3H3,(H,18,19). The van der Waals surface area contributed by atoms with Crippen molar-refractivity contribution in [3.63, 3.8) is 0 Å². The van der Waals surface area contributed by atoms with Gasteiger partial charge < -0.3 is 20.5 Å². The minimum atomic E-state index is -0.522. The molecule has 1 aliphatic heterocycles. The van der Waals surface area contributed by atoms with Gasteiger partial charge >= 0.3 is 6.09 Å². The van der Waals surface area contributed by atoms with Crippen LogP contribution in [0.4, 0.5) is 10.5 Å². The molecule has 0 aromatic heterocycles. The lowest BCUT2D eigenvalue weighted by Crippen LogP contribution is -2.50. The summed E-state index contributed by atoms with van der Waals surface area (Å²) in [5.74, 6) is 0. The third-order valence-electron chi connectivity index (χ3n) is 3.53. The van der Waals surface area contributed by atoms with Crippen LogP contribution in [0.2, 0.25) is 0 Å². The quantitative estimate of drug-likeness (QED) is 0.822. The lowest BCUT2D eigenvalue weighted by atomic mass is 9.82. The molecule has 0 atom stereocenters. The van der Waals surface area contributed by atoms with Crippen LogP contribution in [-0.2, 0) is 15.0 Å². The number of nitrogen functional groups attached to an aromatic ring is 1. The first-order chi connectivity index (χ1) is 9.81. The van der Waals surface area contributed by atoms with E-state index in [0.29, 0.717) is 31.7 Å². The highest BCUT2D eigenvalue weighted by molar-refractivity contribution is 5.69. The maximum absolute atomic E-state index is 12.2. The summed E-state index contributed by atoms with van der Waals surface area (Å²) in [6.07, 6.45) is 0.998. The average molecular weight is 292 g/mol. The molecule has 5 heteroatoms. The fourth-order valence-electron chi connectivity index (χ4n) is 2.54. The molecule has 5 nitrogen and oxygen atoms in total. The largest absolute Gasteiger partial charge is 0.444 e. The Kier molecular flexibility index (Phi) is 4.42. The highest BCUT2D eigenvalue weighted by Gasteiger charge is 2.37. The SMILES string of the molecule is CC(C)(C)OC(=O)NC1(c2cccc(N)c2)CCOCC1. The van der Waals surface area contributed by atoms with Crippen LogP contribution in [-0.4, -0.2) is 24.9 Å². The molecule has 2 rings (SSSR count). The first kappa shape index (κ1) is 15.6. The van der Waals surface area contributed by atoms with E-state index >= 15 is 0 Å². The summed E-state index contributed by atoms with van der Waals surface area (Å²) in [6, 6.07) is 7.63. The normalized spacial score (nSPS) is 18.0. The lowest BCUT2D eigenvalue weighted by molar-refractivity contribution is 0.0157. The molecule has 0 spiro atoms. The van der Waals surface area contributed by atoms with Crippen molar-refractivity contribution in [2.45, 2.75) is 44.8 Å². The summed E-state index contributed by atoms with van der Waals surface area (Å²) in [4.78, 5) is 12.2. The number of carbonyl (C=O) groups is 1. The molecule has 1 amide bonds. The van der Waals surface area contributed by atoms with Gasteiger partial charge in [0.2, 0.25) is 0 Å². The second kappa shape index (κ2) is 5.93. The van der Waals surface area contributed by atoms with Crippen molar-refractivity contribution in [1.82, 2.24) is 5.32 Å². The Labute approximate surface area is 125 Å². The van der Waals surface area contributed by atoms with Crippen LogP contribution >= 0.6 is 0 Å². The Balaban J connectivity index is 2.23. The summed E-state index contributed by atoms with van der Waals surface area (Å²) >= 11 is 0. The monoisotopic (exact) mass is 292 g/mol. The van der Waals surface area contributed by atoms with Crippen molar-refractivity contribution in [3.8, 4) is 0 Å². The Morgan fingerprint density at radius 1 is 1.33 bits per heavy atom. The predicted octanol–water partition coefficient (Wildman–Crippen LogP) is 2.80. The van der Waals surface area contributed by atoms with Gasteiger partial charge in [0.1, 0.15) is 5.60 Å². The number of hydrogen-bond donors (Lipinski definition) is 2. The molecule has 1 aromatic carbocycles. The molecule has 0 bridgehead atoms. The summed E-state index contributed by atoms with van der Waals surface area (Å²) < 4.78 is 10.8. The van der Waals surface area contributed by atoms with E-state index in [1.54, 1.807) is 0 Å². The molecule has 116 valence electrons. The van der Waals surface area contributed by atoms with Gasteiger partial charge in [0.25, 0.3) is 0 Å². The van der Waals surface area contributed by atoms with Gasteiger partial charge in [-0.3, -0.25) is 0 Å². The third-order valence-corrected chi connectivity index (χ3v) is 3.53. The second-order valence-electron chi connectivity index (χ2n) is 6.45. The molecule has 0 unspecified atom stereocenters. The Morgan fingerprint density at radius 2 is 2.00 bits per heavy atom. The van der Waals surface area contributed by atoms with Gasteiger partial charge in [0.05, 0.1) is 5.54 Å². The van der Waals surface area contributed by atoms with Crippen LogP contribution in [0.5, 0.6) is 0 Å². The van der Waals surface area contributed by atoms with Crippen LogP contribution in [0, 0.1) is 0 Å². The van der Waals surface area contributed by atoms with Gasteiger partial charge in [-0.15, -0.1) is 0 Å². The number of benzene rings is 1. The number of ether oxygens (including phenoxy) is 2. The highest BCUT2D eigenvalue weighted by atomic mass is 16.6. The fraction of sp³-hybridized carbons (Fsp3) is 0.562.